The highest BCUT2D eigenvalue weighted by Gasteiger charge is 2.26. The van der Waals surface area contributed by atoms with Crippen molar-refractivity contribution in [1.82, 2.24) is 0 Å². The molecule has 0 aliphatic rings. The van der Waals surface area contributed by atoms with Gasteiger partial charge in [0.1, 0.15) is 5.56 Å². The Hall–Kier alpha value is -1.37. The molecule has 0 aliphatic heterocycles. The molecule has 0 bridgehead atoms. The molecule has 0 heterocycles. The molecule has 4 nitrogen and oxygen atoms in total. The molecule has 0 amide bonds. The molecule has 0 aromatic heterocycles. The van der Waals surface area contributed by atoms with E-state index < -0.39 is 33.9 Å². The van der Waals surface area contributed by atoms with Gasteiger partial charge in [-0.2, -0.15) is 0 Å². The van der Waals surface area contributed by atoms with Gasteiger partial charge >= 0.3 is 0 Å². The summed E-state index contributed by atoms with van der Waals surface area (Å²) in [5, 5.41) is 10.6. The van der Waals surface area contributed by atoms with E-state index in [1.165, 1.54) is 0 Å². The number of Topliss-reactive ketones (excluding diaryl/α,β-unsaturated/α-hetero) is 1. The summed E-state index contributed by atoms with van der Waals surface area (Å²) in [6, 6.07) is 2.04. The summed E-state index contributed by atoms with van der Waals surface area (Å²) < 4.78 is 25.4. The minimum atomic E-state index is -2.94. The maximum absolute atomic E-state index is 12.6. The van der Waals surface area contributed by atoms with Crippen LogP contribution in [0.3, 0.4) is 0 Å². The van der Waals surface area contributed by atoms with Crippen LogP contribution in [-0.2, 0) is 0 Å². The van der Waals surface area contributed by atoms with E-state index in [1.54, 1.807) is 0 Å². The monoisotopic (exact) mass is 293 g/mol. The Kier molecular flexibility index (Phi) is 3.69. The highest BCUT2D eigenvalue weighted by atomic mass is 79.9. The number of hydrogen-bond acceptors (Lipinski definition) is 3. The average molecular weight is 294 g/mol. The van der Waals surface area contributed by atoms with Crippen molar-refractivity contribution in [3.8, 4) is 0 Å². The third kappa shape index (κ3) is 2.41. The fraction of sp³-hybridized carbons (Fsp3) is 0.222. The summed E-state index contributed by atoms with van der Waals surface area (Å²) >= 11 is 2.88. The topological polar surface area (TPSA) is 60.2 Å². The van der Waals surface area contributed by atoms with Gasteiger partial charge in [-0.1, -0.05) is 15.9 Å². The second kappa shape index (κ2) is 4.65. The molecule has 0 N–H and O–H groups in total. The van der Waals surface area contributed by atoms with E-state index in [9.17, 15) is 23.7 Å². The molecule has 7 heteroatoms. The number of carbonyl (C=O) groups excluding carboxylic acids is 1. The number of ketones is 1. The zero-order valence-corrected chi connectivity index (χ0v) is 9.62. The van der Waals surface area contributed by atoms with Crippen LogP contribution in [0, 0.1) is 10.1 Å². The lowest BCUT2D eigenvalue weighted by molar-refractivity contribution is -0.385. The van der Waals surface area contributed by atoms with Crippen molar-refractivity contribution >= 4 is 27.4 Å². The van der Waals surface area contributed by atoms with Crippen LogP contribution >= 0.6 is 15.9 Å². The van der Waals surface area contributed by atoms with E-state index >= 15 is 0 Å². The standard InChI is InChI=1S/C9H6BrF2NO3/c1-4(14)8-6(9(11)12)2-5(10)3-7(8)13(15)16/h2-3,9H,1H3. The Bertz CT molecular complexity index is 462. The first-order valence-corrected chi connectivity index (χ1v) is 4.90. The quantitative estimate of drug-likeness (QED) is 0.487. The Labute approximate surface area is 97.5 Å². The lowest BCUT2D eigenvalue weighted by Crippen LogP contribution is -2.05. The number of hydrogen-bond donors (Lipinski definition) is 0. The van der Waals surface area contributed by atoms with Crippen molar-refractivity contribution in [2.75, 3.05) is 0 Å². The maximum Gasteiger partial charge on any atom is 0.281 e. The van der Waals surface area contributed by atoms with Crippen LogP contribution in [0.2, 0.25) is 0 Å². The number of nitrogens with zero attached hydrogens (tertiary/aromatic N) is 1. The molecule has 0 fully saturated rings. The first-order chi connectivity index (χ1) is 7.34. The van der Waals surface area contributed by atoms with Crippen LogP contribution in [0.4, 0.5) is 14.5 Å². The van der Waals surface area contributed by atoms with Crippen molar-refractivity contribution < 1.29 is 18.5 Å². The molecule has 86 valence electrons. The van der Waals surface area contributed by atoms with E-state index in [1.807, 2.05) is 0 Å². The lowest BCUT2D eigenvalue weighted by Gasteiger charge is -2.07. The zero-order chi connectivity index (χ0) is 12.5. The van der Waals surface area contributed by atoms with Crippen LogP contribution in [0.25, 0.3) is 0 Å². The van der Waals surface area contributed by atoms with Gasteiger partial charge in [-0.05, 0) is 13.0 Å². The fourth-order valence-corrected chi connectivity index (χ4v) is 1.78. The molecule has 0 saturated heterocycles. The van der Waals surface area contributed by atoms with E-state index in [2.05, 4.69) is 15.9 Å². The summed E-state index contributed by atoms with van der Waals surface area (Å²) in [6.45, 7) is 1.02. The summed E-state index contributed by atoms with van der Waals surface area (Å²) in [6.07, 6.45) is -2.94. The van der Waals surface area contributed by atoms with Crippen LogP contribution in [-0.4, -0.2) is 10.7 Å². The molecular formula is C9H6BrF2NO3. The number of benzene rings is 1. The molecule has 0 aliphatic carbocycles. The maximum atomic E-state index is 12.6. The van der Waals surface area contributed by atoms with Crippen molar-refractivity contribution in [2.24, 2.45) is 0 Å². The molecule has 0 spiro atoms. The molecule has 1 aromatic rings. The number of halogens is 3. The smallest absolute Gasteiger partial charge is 0.281 e. The molecule has 0 unspecified atom stereocenters. The minimum Gasteiger partial charge on any atom is -0.294 e. The molecular weight excluding hydrogens is 288 g/mol. The Morgan fingerprint density at radius 1 is 1.50 bits per heavy atom. The van der Waals surface area contributed by atoms with Crippen LogP contribution in [0.1, 0.15) is 29.3 Å². The minimum absolute atomic E-state index is 0.138. The van der Waals surface area contributed by atoms with Crippen molar-refractivity contribution in [3.05, 3.63) is 37.8 Å². The number of rotatable bonds is 3. The second-order valence-corrected chi connectivity index (χ2v) is 3.92. The van der Waals surface area contributed by atoms with Gasteiger partial charge in [0.2, 0.25) is 0 Å². The summed E-state index contributed by atoms with van der Waals surface area (Å²) in [5.41, 5.74) is -1.78. The van der Waals surface area contributed by atoms with Crippen LogP contribution in [0.5, 0.6) is 0 Å². The SMILES string of the molecule is CC(=O)c1c(C(F)F)cc(Br)cc1[N+](=O)[O-]. The first-order valence-electron chi connectivity index (χ1n) is 4.11. The van der Waals surface area contributed by atoms with E-state index in [0.717, 1.165) is 19.1 Å². The average Bonchev–Trinajstić information content (AvgIpc) is 2.15. The fourth-order valence-electron chi connectivity index (χ4n) is 1.31. The Balaban J connectivity index is 3.60. The van der Waals surface area contributed by atoms with Gasteiger partial charge in [0.25, 0.3) is 12.1 Å². The molecule has 0 atom stereocenters. The lowest BCUT2D eigenvalue weighted by atomic mass is 10.0. The highest BCUT2D eigenvalue weighted by Crippen LogP contribution is 2.33. The predicted molar refractivity (Wildman–Crippen MR) is 55.8 cm³/mol. The number of nitro groups is 1. The van der Waals surface area contributed by atoms with Gasteiger partial charge in [0.05, 0.1) is 4.92 Å². The van der Waals surface area contributed by atoms with Gasteiger partial charge in [0, 0.05) is 16.1 Å². The largest absolute Gasteiger partial charge is 0.294 e. The van der Waals surface area contributed by atoms with E-state index in [0.29, 0.717) is 0 Å². The highest BCUT2D eigenvalue weighted by molar-refractivity contribution is 9.10. The summed E-state index contributed by atoms with van der Waals surface area (Å²) in [4.78, 5) is 20.9. The van der Waals surface area contributed by atoms with Crippen molar-refractivity contribution in [3.63, 3.8) is 0 Å². The third-order valence-electron chi connectivity index (χ3n) is 1.90. The van der Waals surface area contributed by atoms with Crippen LogP contribution < -0.4 is 0 Å². The van der Waals surface area contributed by atoms with Crippen molar-refractivity contribution in [2.45, 2.75) is 13.3 Å². The normalized spacial score (nSPS) is 10.6. The van der Waals surface area contributed by atoms with Crippen molar-refractivity contribution in [1.29, 1.82) is 0 Å². The van der Waals surface area contributed by atoms with E-state index in [4.69, 9.17) is 0 Å². The third-order valence-corrected chi connectivity index (χ3v) is 2.35. The number of nitro benzene ring substituents is 1. The van der Waals surface area contributed by atoms with Gasteiger partial charge in [-0.25, -0.2) is 8.78 Å². The zero-order valence-electron chi connectivity index (χ0n) is 8.04. The number of alkyl halides is 2. The second-order valence-electron chi connectivity index (χ2n) is 3.00. The molecule has 1 rings (SSSR count). The molecule has 0 radical (unpaired) electrons. The predicted octanol–water partition coefficient (Wildman–Crippen LogP) is 3.50. The summed E-state index contributed by atoms with van der Waals surface area (Å²) in [7, 11) is 0. The molecule has 0 saturated carbocycles. The van der Waals surface area contributed by atoms with Gasteiger partial charge in [-0.15, -0.1) is 0 Å². The molecule has 1 aromatic carbocycles. The summed E-state index contributed by atoms with van der Waals surface area (Å²) in [5.74, 6) is -0.755. The van der Waals surface area contributed by atoms with Gasteiger partial charge < -0.3 is 0 Å². The van der Waals surface area contributed by atoms with Gasteiger partial charge in [0.15, 0.2) is 5.78 Å². The Morgan fingerprint density at radius 2 is 2.06 bits per heavy atom. The first kappa shape index (κ1) is 12.7. The van der Waals surface area contributed by atoms with Gasteiger partial charge in [-0.3, -0.25) is 14.9 Å². The molecule has 16 heavy (non-hydrogen) atoms. The Morgan fingerprint density at radius 3 is 2.44 bits per heavy atom. The number of carbonyl (C=O) groups is 1. The van der Waals surface area contributed by atoms with E-state index in [-0.39, 0.29) is 4.47 Å². The van der Waals surface area contributed by atoms with Crippen LogP contribution in [0.15, 0.2) is 16.6 Å².